The lowest BCUT2D eigenvalue weighted by molar-refractivity contribution is -0.137. The summed E-state index contributed by atoms with van der Waals surface area (Å²) in [6.07, 6.45) is 10.3. The molecule has 0 aromatic rings. The van der Waals surface area contributed by atoms with Gasteiger partial charge in [0.15, 0.2) is 0 Å². The second kappa shape index (κ2) is 6.55. The first-order valence-electron chi connectivity index (χ1n) is 7.70. The highest BCUT2D eigenvalue weighted by Crippen LogP contribution is 2.36. The number of hydrogen-bond donors (Lipinski definition) is 1. The Labute approximate surface area is 111 Å². The number of likely N-dealkylation sites (tertiary alicyclic amines) is 1. The number of carbonyl (C=O) groups is 1. The van der Waals surface area contributed by atoms with Crippen LogP contribution in [0.3, 0.4) is 0 Å². The zero-order valence-electron chi connectivity index (χ0n) is 11.6. The highest BCUT2D eigenvalue weighted by atomic mass is 16.4. The average Bonchev–Trinajstić information content (AvgIpc) is 2.84. The van der Waals surface area contributed by atoms with Crippen LogP contribution in [0.5, 0.6) is 0 Å². The number of carboxylic acid groups (broad SMARTS) is 1. The Balaban J connectivity index is 1.96. The maximum Gasteiger partial charge on any atom is 0.303 e. The van der Waals surface area contributed by atoms with Gasteiger partial charge in [0.25, 0.3) is 0 Å². The Morgan fingerprint density at radius 3 is 2.78 bits per heavy atom. The van der Waals surface area contributed by atoms with Gasteiger partial charge >= 0.3 is 5.97 Å². The van der Waals surface area contributed by atoms with Gasteiger partial charge in [0.05, 0.1) is 0 Å². The van der Waals surface area contributed by atoms with Crippen LogP contribution in [0.2, 0.25) is 0 Å². The molecule has 0 bridgehead atoms. The minimum absolute atomic E-state index is 0.338. The molecule has 3 nitrogen and oxygen atoms in total. The predicted molar refractivity (Wildman–Crippen MR) is 72.6 cm³/mol. The van der Waals surface area contributed by atoms with Crippen molar-refractivity contribution in [3.05, 3.63) is 0 Å². The molecule has 104 valence electrons. The third kappa shape index (κ3) is 3.25. The fourth-order valence-corrected chi connectivity index (χ4v) is 3.99. The molecule has 0 spiro atoms. The molecule has 3 heteroatoms. The first-order valence-corrected chi connectivity index (χ1v) is 7.70. The Kier molecular flexibility index (Phi) is 5.04. The molecule has 1 aliphatic heterocycles. The van der Waals surface area contributed by atoms with Crippen LogP contribution in [0, 0.1) is 5.92 Å². The standard InChI is InChI=1S/C15H27NO2/c1-2-12-6-5-8-14(12)16-11-4-3-7-13(16)9-10-15(17)18/h12-14H,2-11H2,1H3,(H,17,18). The zero-order valence-corrected chi connectivity index (χ0v) is 11.6. The van der Waals surface area contributed by atoms with Crippen LogP contribution in [-0.4, -0.2) is 34.6 Å². The van der Waals surface area contributed by atoms with Gasteiger partial charge in [-0.25, -0.2) is 0 Å². The molecular weight excluding hydrogens is 226 g/mol. The van der Waals surface area contributed by atoms with Gasteiger partial charge < -0.3 is 5.11 Å². The number of piperidine rings is 1. The van der Waals surface area contributed by atoms with Gasteiger partial charge in [-0.2, -0.15) is 0 Å². The van der Waals surface area contributed by atoms with Gasteiger partial charge in [-0.1, -0.05) is 26.2 Å². The number of aliphatic carboxylic acids is 1. The Bertz CT molecular complexity index is 280. The zero-order chi connectivity index (χ0) is 13.0. The fourth-order valence-electron chi connectivity index (χ4n) is 3.99. The molecule has 2 fully saturated rings. The largest absolute Gasteiger partial charge is 0.481 e. The number of rotatable bonds is 5. The van der Waals surface area contributed by atoms with Crippen molar-refractivity contribution in [1.82, 2.24) is 4.90 Å². The van der Waals surface area contributed by atoms with Crippen molar-refractivity contribution >= 4 is 5.97 Å². The van der Waals surface area contributed by atoms with Crippen LogP contribution in [0.25, 0.3) is 0 Å². The van der Waals surface area contributed by atoms with E-state index in [2.05, 4.69) is 11.8 Å². The van der Waals surface area contributed by atoms with Crippen molar-refractivity contribution in [2.45, 2.75) is 76.8 Å². The summed E-state index contributed by atoms with van der Waals surface area (Å²) in [7, 11) is 0. The SMILES string of the molecule is CCC1CCCC1N1CCCCC1CCC(=O)O. The molecule has 18 heavy (non-hydrogen) atoms. The monoisotopic (exact) mass is 253 g/mol. The molecule has 1 N–H and O–H groups in total. The van der Waals surface area contributed by atoms with E-state index in [0.29, 0.717) is 12.5 Å². The van der Waals surface area contributed by atoms with Crippen LogP contribution in [-0.2, 0) is 4.79 Å². The molecule has 0 radical (unpaired) electrons. The molecule has 0 amide bonds. The maximum absolute atomic E-state index is 10.8. The number of nitrogens with zero attached hydrogens (tertiary/aromatic N) is 1. The van der Waals surface area contributed by atoms with E-state index < -0.39 is 5.97 Å². The Hall–Kier alpha value is -0.570. The van der Waals surface area contributed by atoms with Crippen molar-refractivity contribution in [3.63, 3.8) is 0 Å². The summed E-state index contributed by atoms with van der Waals surface area (Å²) in [5, 5.41) is 8.88. The minimum Gasteiger partial charge on any atom is -0.481 e. The third-order valence-corrected chi connectivity index (χ3v) is 4.93. The highest BCUT2D eigenvalue weighted by molar-refractivity contribution is 5.66. The molecule has 1 saturated heterocycles. The molecule has 3 unspecified atom stereocenters. The van der Waals surface area contributed by atoms with E-state index in [1.54, 1.807) is 0 Å². The minimum atomic E-state index is -0.640. The lowest BCUT2D eigenvalue weighted by atomic mass is 9.91. The second-order valence-electron chi connectivity index (χ2n) is 5.99. The number of carboxylic acids is 1. The van der Waals surface area contributed by atoms with E-state index in [1.165, 1.54) is 51.5 Å². The molecule has 0 aromatic carbocycles. The van der Waals surface area contributed by atoms with E-state index in [1.807, 2.05) is 0 Å². The molecule has 3 atom stereocenters. The van der Waals surface area contributed by atoms with E-state index in [-0.39, 0.29) is 0 Å². The van der Waals surface area contributed by atoms with Crippen LogP contribution >= 0.6 is 0 Å². The van der Waals surface area contributed by atoms with Crippen LogP contribution in [0.4, 0.5) is 0 Å². The summed E-state index contributed by atoms with van der Waals surface area (Å²) in [5.74, 6) is 0.217. The summed E-state index contributed by atoms with van der Waals surface area (Å²) < 4.78 is 0. The van der Waals surface area contributed by atoms with Gasteiger partial charge in [-0.05, 0) is 44.6 Å². The van der Waals surface area contributed by atoms with Crippen LogP contribution in [0.15, 0.2) is 0 Å². The summed E-state index contributed by atoms with van der Waals surface area (Å²) in [5.41, 5.74) is 0. The van der Waals surface area contributed by atoms with Crippen molar-refractivity contribution < 1.29 is 9.90 Å². The molecule has 2 aliphatic rings. The third-order valence-electron chi connectivity index (χ3n) is 4.93. The van der Waals surface area contributed by atoms with Gasteiger partial charge in [-0.3, -0.25) is 9.69 Å². The Morgan fingerprint density at radius 2 is 2.06 bits per heavy atom. The van der Waals surface area contributed by atoms with Crippen LogP contribution in [0.1, 0.15) is 64.7 Å². The maximum atomic E-state index is 10.8. The van der Waals surface area contributed by atoms with Crippen LogP contribution < -0.4 is 0 Å². The summed E-state index contributed by atoms with van der Waals surface area (Å²) in [4.78, 5) is 13.4. The first-order chi connectivity index (χ1) is 8.72. The Morgan fingerprint density at radius 1 is 1.22 bits per heavy atom. The van der Waals surface area contributed by atoms with Crippen molar-refractivity contribution in [3.8, 4) is 0 Å². The van der Waals surface area contributed by atoms with Crippen molar-refractivity contribution in [2.75, 3.05) is 6.54 Å². The quantitative estimate of drug-likeness (QED) is 0.817. The second-order valence-corrected chi connectivity index (χ2v) is 5.99. The van der Waals surface area contributed by atoms with E-state index >= 15 is 0 Å². The van der Waals surface area contributed by atoms with Gasteiger partial charge in [-0.15, -0.1) is 0 Å². The first kappa shape index (κ1) is 13.9. The lowest BCUT2D eigenvalue weighted by Gasteiger charge is -2.42. The average molecular weight is 253 g/mol. The molecule has 2 rings (SSSR count). The van der Waals surface area contributed by atoms with Gasteiger partial charge in [0.2, 0.25) is 0 Å². The van der Waals surface area contributed by atoms with Crippen molar-refractivity contribution in [2.24, 2.45) is 5.92 Å². The van der Waals surface area contributed by atoms with E-state index in [9.17, 15) is 4.79 Å². The fraction of sp³-hybridized carbons (Fsp3) is 0.933. The van der Waals surface area contributed by atoms with E-state index in [4.69, 9.17) is 5.11 Å². The summed E-state index contributed by atoms with van der Waals surface area (Å²) in [6.45, 7) is 3.50. The molecule has 0 aromatic heterocycles. The topological polar surface area (TPSA) is 40.5 Å². The smallest absolute Gasteiger partial charge is 0.303 e. The summed E-state index contributed by atoms with van der Waals surface area (Å²) in [6, 6.07) is 1.28. The lowest BCUT2D eigenvalue weighted by Crippen LogP contribution is -2.47. The number of hydrogen-bond acceptors (Lipinski definition) is 2. The summed E-state index contributed by atoms with van der Waals surface area (Å²) >= 11 is 0. The van der Waals surface area contributed by atoms with Crippen molar-refractivity contribution in [1.29, 1.82) is 0 Å². The normalized spacial score (nSPS) is 33.7. The van der Waals surface area contributed by atoms with Gasteiger partial charge in [0, 0.05) is 18.5 Å². The molecule has 1 saturated carbocycles. The predicted octanol–water partition coefficient (Wildman–Crippen LogP) is 3.28. The molecular formula is C15H27NO2. The van der Waals surface area contributed by atoms with Gasteiger partial charge in [0.1, 0.15) is 0 Å². The highest BCUT2D eigenvalue weighted by Gasteiger charge is 2.35. The van der Waals surface area contributed by atoms with E-state index in [0.717, 1.165) is 18.4 Å². The molecule has 1 heterocycles. The molecule has 1 aliphatic carbocycles.